The third-order valence-electron chi connectivity index (χ3n) is 10.3. The number of carbonyl (C=O) groups excluding carboxylic acids is 3. The van der Waals surface area contributed by atoms with E-state index in [1.165, 1.54) is 32.2 Å². The smallest absolute Gasteiger partial charge is 0.409 e. The molecular weight excluding hydrogens is 742 g/mol. The number of phenols is 1. The Morgan fingerprint density at radius 1 is 0.938 bits per heavy atom. The summed E-state index contributed by atoms with van der Waals surface area (Å²) in [7, 11) is 1.40. The van der Waals surface area contributed by atoms with Gasteiger partial charge in [-0.15, -0.1) is 0 Å². The number of urea groups is 1. The maximum atomic E-state index is 12.9. The van der Waals surface area contributed by atoms with Crippen LogP contribution in [0.3, 0.4) is 0 Å². The summed E-state index contributed by atoms with van der Waals surface area (Å²) < 4.78 is 6.06. The number of carbonyl (C=O) groups is 3. The number of nitrogens with one attached hydrogen (secondary N) is 1. The van der Waals surface area contributed by atoms with Crippen LogP contribution in [0, 0.1) is 11.8 Å². The number of aromatic hydroxyl groups is 1. The average molecular weight is 792 g/mol. The molecule has 0 bridgehead atoms. The lowest BCUT2D eigenvalue weighted by Crippen LogP contribution is -2.50. The van der Waals surface area contributed by atoms with Crippen LogP contribution in [0.25, 0.3) is 0 Å². The van der Waals surface area contributed by atoms with E-state index < -0.39 is 0 Å². The molecule has 4 amide bonds. The van der Waals surface area contributed by atoms with E-state index in [0.717, 1.165) is 62.4 Å². The number of anilines is 1. The van der Waals surface area contributed by atoms with E-state index in [9.17, 15) is 19.5 Å². The topological polar surface area (TPSA) is 106 Å². The Kier molecular flexibility index (Phi) is 12.7. The molecule has 262 valence electrons. The Morgan fingerprint density at radius 3 is 2.19 bits per heavy atom. The Bertz CT molecular complexity index is 1420. The summed E-state index contributed by atoms with van der Waals surface area (Å²) in [6, 6.07) is 12.5. The molecular formula is C36H49Br2N5O5. The van der Waals surface area contributed by atoms with Crippen LogP contribution in [-0.2, 0) is 22.4 Å². The lowest BCUT2D eigenvalue weighted by molar-refractivity contribution is -0.136. The van der Waals surface area contributed by atoms with Crippen molar-refractivity contribution in [2.75, 3.05) is 58.2 Å². The number of halogens is 2. The van der Waals surface area contributed by atoms with Crippen LogP contribution in [0.15, 0.2) is 45.3 Å². The van der Waals surface area contributed by atoms with Crippen molar-refractivity contribution in [1.29, 1.82) is 0 Å². The van der Waals surface area contributed by atoms with E-state index in [4.69, 9.17) is 4.74 Å². The third-order valence-corrected chi connectivity index (χ3v) is 11.5. The van der Waals surface area contributed by atoms with E-state index in [-0.39, 0.29) is 35.7 Å². The van der Waals surface area contributed by atoms with Gasteiger partial charge in [0.15, 0.2) is 0 Å². The Morgan fingerprint density at radius 2 is 1.56 bits per heavy atom. The zero-order valence-corrected chi connectivity index (χ0v) is 31.5. The molecule has 6 rings (SSSR count). The Hall–Kier alpha value is -2.83. The van der Waals surface area contributed by atoms with Crippen LogP contribution in [0.5, 0.6) is 5.75 Å². The first kappa shape index (κ1) is 36.5. The van der Waals surface area contributed by atoms with Gasteiger partial charge in [0.1, 0.15) is 5.75 Å². The third kappa shape index (κ3) is 9.04. The number of fused-ring (bicyclic) bond motifs is 1. The Labute approximate surface area is 301 Å². The second-order valence-electron chi connectivity index (χ2n) is 13.7. The molecule has 4 aliphatic heterocycles. The number of ether oxygens (including phenoxy) is 1. The van der Waals surface area contributed by atoms with Crippen molar-refractivity contribution >= 4 is 55.6 Å². The number of phenolic OH excluding ortho intramolecular Hbond substituents is 1. The van der Waals surface area contributed by atoms with Crippen LogP contribution in [0.4, 0.5) is 15.3 Å². The maximum Gasteiger partial charge on any atom is 0.409 e. The first-order valence-corrected chi connectivity index (χ1v) is 18.8. The summed E-state index contributed by atoms with van der Waals surface area (Å²) in [6.07, 6.45) is 6.34. The number of benzene rings is 2. The molecule has 0 aromatic heterocycles. The van der Waals surface area contributed by atoms with Gasteiger partial charge in [0.2, 0.25) is 5.91 Å². The maximum absolute atomic E-state index is 12.9. The van der Waals surface area contributed by atoms with Gasteiger partial charge in [-0.3, -0.25) is 9.69 Å². The highest BCUT2D eigenvalue weighted by atomic mass is 79.9. The van der Waals surface area contributed by atoms with Crippen LogP contribution in [-0.4, -0.2) is 108 Å². The summed E-state index contributed by atoms with van der Waals surface area (Å²) in [4.78, 5) is 45.1. The second kappa shape index (κ2) is 16.7. The molecule has 2 aromatic carbocycles. The molecule has 0 unspecified atom stereocenters. The van der Waals surface area contributed by atoms with E-state index >= 15 is 0 Å². The first-order valence-electron chi connectivity index (χ1n) is 17.2. The van der Waals surface area contributed by atoms with Gasteiger partial charge < -0.3 is 29.9 Å². The lowest BCUT2D eigenvalue weighted by Gasteiger charge is -2.37. The van der Waals surface area contributed by atoms with Crippen molar-refractivity contribution in [1.82, 2.24) is 19.6 Å². The monoisotopic (exact) mass is 789 g/mol. The zero-order valence-electron chi connectivity index (χ0n) is 28.3. The molecule has 2 N–H and O–H groups in total. The molecule has 0 radical (unpaired) electrons. The normalized spacial score (nSPS) is 21.5. The van der Waals surface area contributed by atoms with Gasteiger partial charge in [-0.2, -0.15) is 0 Å². The number of para-hydroxylation sites is 1. The van der Waals surface area contributed by atoms with Crippen LogP contribution >= 0.6 is 31.9 Å². The highest BCUT2D eigenvalue weighted by Gasteiger charge is 2.33. The molecule has 2 aromatic rings. The molecule has 3 saturated heterocycles. The summed E-state index contributed by atoms with van der Waals surface area (Å²) in [5.41, 5.74) is 3.12. The summed E-state index contributed by atoms with van der Waals surface area (Å²) >= 11 is 6.73. The van der Waals surface area contributed by atoms with E-state index in [0.29, 0.717) is 41.0 Å². The fourth-order valence-corrected chi connectivity index (χ4v) is 8.75. The number of hydrogen-bond donors (Lipinski definition) is 2. The molecule has 2 atom stereocenters. The quantitative estimate of drug-likeness (QED) is 0.348. The van der Waals surface area contributed by atoms with Crippen LogP contribution in [0.1, 0.15) is 57.1 Å². The highest BCUT2D eigenvalue weighted by Crippen LogP contribution is 2.34. The molecule has 0 saturated carbocycles. The minimum Gasteiger partial charge on any atom is -0.506 e. The van der Waals surface area contributed by atoms with Crippen LogP contribution < -0.4 is 5.32 Å². The van der Waals surface area contributed by atoms with Crippen molar-refractivity contribution < 1.29 is 24.2 Å². The van der Waals surface area contributed by atoms with Gasteiger partial charge >= 0.3 is 12.1 Å². The SMILES string of the molecule is COC(=O)N1CCC(N2CCc3ccccc3NC2=O)CC1.C[C@H]1CCN(C2CCN(C(=O)[C@H](C)Cc3cc(Br)c(O)c(Br)c3)CC2)C1. The largest absolute Gasteiger partial charge is 0.506 e. The number of hydrogen-bond acceptors (Lipinski definition) is 6. The summed E-state index contributed by atoms with van der Waals surface area (Å²) in [5, 5.41) is 12.8. The number of nitrogens with zero attached hydrogens (tertiary/aromatic N) is 4. The second-order valence-corrected chi connectivity index (χ2v) is 15.4. The molecule has 48 heavy (non-hydrogen) atoms. The minimum atomic E-state index is -0.286. The number of amides is 4. The molecule has 4 heterocycles. The molecule has 12 heteroatoms. The number of methoxy groups -OCH3 is 1. The van der Waals surface area contributed by atoms with Crippen molar-refractivity contribution in [2.45, 2.75) is 70.9 Å². The van der Waals surface area contributed by atoms with Crippen molar-refractivity contribution in [3.05, 3.63) is 56.5 Å². The van der Waals surface area contributed by atoms with E-state index in [2.05, 4.69) is 55.1 Å². The van der Waals surface area contributed by atoms with E-state index in [1.54, 1.807) is 4.90 Å². The van der Waals surface area contributed by atoms with Gasteiger partial charge in [-0.05, 0) is 119 Å². The first-order chi connectivity index (χ1) is 23.0. The fourth-order valence-electron chi connectivity index (χ4n) is 7.47. The van der Waals surface area contributed by atoms with Gasteiger partial charge in [0, 0.05) is 63.0 Å². The van der Waals surface area contributed by atoms with Crippen molar-refractivity contribution in [2.24, 2.45) is 11.8 Å². The molecule has 10 nitrogen and oxygen atoms in total. The number of rotatable bonds is 5. The summed E-state index contributed by atoms with van der Waals surface area (Å²) in [6.45, 7) is 10.5. The van der Waals surface area contributed by atoms with Crippen molar-refractivity contribution in [3.63, 3.8) is 0 Å². The predicted molar refractivity (Wildman–Crippen MR) is 194 cm³/mol. The molecule has 4 aliphatic rings. The van der Waals surface area contributed by atoms with Crippen molar-refractivity contribution in [3.8, 4) is 5.75 Å². The Balaban J connectivity index is 0.000000190. The van der Waals surface area contributed by atoms with Gasteiger partial charge in [-0.25, -0.2) is 9.59 Å². The number of likely N-dealkylation sites (tertiary alicyclic amines) is 3. The standard InChI is InChI=1S/C20H28Br2N2O2.C16H21N3O3/c1-13-3-6-24(12-13)16-4-7-23(8-5-16)20(26)14(2)9-15-10-17(21)19(25)18(22)11-15;1-22-16(21)18-9-7-13(8-10-18)19-11-6-12-4-2-3-5-14(12)17-15(19)20/h10-11,13-14,16,25H,3-9,12H2,1-2H3;2-5,13H,6-11H2,1H3,(H,17,20)/t13-,14+;/m0./s1. The zero-order chi connectivity index (χ0) is 34.4. The summed E-state index contributed by atoms with van der Waals surface area (Å²) in [5.74, 6) is 1.21. The average Bonchev–Trinajstić information content (AvgIpc) is 3.46. The van der Waals surface area contributed by atoms with E-state index in [1.807, 2.05) is 47.1 Å². The number of piperidine rings is 2. The molecule has 0 spiro atoms. The van der Waals surface area contributed by atoms with Gasteiger partial charge in [0.05, 0.1) is 16.1 Å². The van der Waals surface area contributed by atoms with Crippen LogP contribution in [0.2, 0.25) is 0 Å². The van der Waals surface area contributed by atoms with Gasteiger partial charge in [0.25, 0.3) is 0 Å². The predicted octanol–water partition coefficient (Wildman–Crippen LogP) is 6.74. The fraction of sp³-hybridized carbons (Fsp3) is 0.583. The lowest BCUT2D eigenvalue weighted by atomic mass is 9.97. The highest BCUT2D eigenvalue weighted by molar-refractivity contribution is 9.11. The minimum absolute atomic E-state index is 0.0403. The van der Waals surface area contributed by atoms with Gasteiger partial charge in [-0.1, -0.05) is 32.0 Å². The molecule has 3 fully saturated rings. The molecule has 0 aliphatic carbocycles.